The average molecular weight is 286 g/mol. The summed E-state index contributed by atoms with van der Waals surface area (Å²) in [6.45, 7) is 1.09. The summed E-state index contributed by atoms with van der Waals surface area (Å²) in [4.78, 5) is 25.8. The van der Waals surface area contributed by atoms with Gasteiger partial charge in [-0.1, -0.05) is 11.6 Å². The van der Waals surface area contributed by atoms with Gasteiger partial charge in [0, 0.05) is 6.61 Å². The van der Waals surface area contributed by atoms with Gasteiger partial charge in [-0.25, -0.2) is 4.98 Å². The SMILES string of the molecule is O=C(NC1CCCOC1)c1cc(Cl)ncc1[N+](=O)[O-]. The number of hydrogen-bond donors (Lipinski definition) is 1. The van der Waals surface area contributed by atoms with E-state index in [1.807, 2.05) is 0 Å². The lowest BCUT2D eigenvalue weighted by molar-refractivity contribution is -0.385. The van der Waals surface area contributed by atoms with Crippen LogP contribution in [0.5, 0.6) is 0 Å². The predicted molar refractivity (Wildman–Crippen MR) is 67.2 cm³/mol. The van der Waals surface area contributed by atoms with E-state index in [1.54, 1.807) is 0 Å². The number of pyridine rings is 1. The largest absolute Gasteiger partial charge is 0.379 e. The number of halogens is 1. The Bertz CT molecular complexity index is 503. The van der Waals surface area contributed by atoms with Crippen LogP contribution in [0.3, 0.4) is 0 Å². The van der Waals surface area contributed by atoms with E-state index in [1.165, 1.54) is 6.07 Å². The fourth-order valence-electron chi connectivity index (χ4n) is 1.87. The zero-order valence-electron chi connectivity index (χ0n) is 9.97. The van der Waals surface area contributed by atoms with Crippen LogP contribution in [0.25, 0.3) is 0 Å². The van der Waals surface area contributed by atoms with E-state index in [0.717, 1.165) is 19.0 Å². The van der Waals surface area contributed by atoms with Crippen LogP contribution in [0.4, 0.5) is 5.69 Å². The number of hydrogen-bond acceptors (Lipinski definition) is 5. The van der Waals surface area contributed by atoms with Crippen molar-refractivity contribution in [2.24, 2.45) is 0 Å². The summed E-state index contributed by atoms with van der Waals surface area (Å²) in [6.07, 6.45) is 2.62. The van der Waals surface area contributed by atoms with Crippen LogP contribution in [0, 0.1) is 10.1 Å². The van der Waals surface area contributed by atoms with Crippen LogP contribution in [-0.4, -0.2) is 35.1 Å². The first-order valence-corrected chi connectivity index (χ1v) is 6.14. The molecule has 1 amide bonds. The Morgan fingerprint density at radius 1 is 1.63 bits per heavy atom. The van der Waals surface area contributed by atoms with E-state index in [9.17, 15) is 14.9 Å². The van der Waals surface area contributed by atoms with Gasteiger partial charge < -0.3 is 10.1 Å². The normalized spacial score (nSPS) is 18.9. The summed E-state index contributed by atoms with van der Waals surface area (Å²) in [5, 5.41) is 13.6. The molecule has 102 valence electrons. The molecule has 8 heteroatoms. The quantitative estimate of drug-likeness (QED) is 0.516. The number of aromatic nitrogens is 1. The van der Waals surface area contributed by atoms with Gasteiger partial charge in [-0.15, -0.1) is 0 Å². The van der Waals surface area contributed by atoms with Crippen LogP contribution in [0.1, 0.15) is 23.2 Å². The molecule has 2 heterocycles. The third-order valence-corrected chi connectivity index (χ3v) is 2.99. The molecule has 1 aliphatic rings. The van der Waals surface area contributed by atoms with E-state index in [4.69, 9.17) is 16.3 Å². The fraction of sp³-hybridized carbons (Fsp3) is 0.455. The molecule has 1 saturated heterocycles. The second-order valence-electron chi connectivity index (χ2n) is 4.17. The highest BCUT2D eigenvalue weighted by Gasteiger charge is 2.24. The molecule has 0 spiro atoms. The Balaban J connectivity index is 2.17. The lowest BCUT2D eigenvalue weighted by Gasteiger charge is -2.23. The molecule has 0 aromatic carbocycles. The molecule has 1 fully saturated rings. The van der Waals surface area contributed by atoms with Crippen molar-refractivity contribution in [2.45, 2.75) is 18.9 Å². The molecule has 0 bridgehead atoms. The van der Waals surface area contributed by atoms with E-state index < -0.39 is 10.8 Å². The summed E-state index contributed by atoms with van der Waals surface area (Å²) in [5.41, 5.74) is -0.450. The van der Waals surface area contributed by atoms with Gasteiger partial charge >= 0.3 is 0 Å². The number of nitrogens with zero attached hydrogens (tertiary/aromatic N) is 2. The lowest BCUT2D eigenvalue weighted by Crippen LogP contribution is -2.40. The van der Waals surface area contributed by atoms with Gasteiger partial charge in [0.15, 0.2) is 0 Å². The lowest BCUT2D eigenvalue weighted by atomic mass is 10.1. The summed E-state index contributed by atoms with van der Waals surface area (Å²) in [6, 6.07) is 1.06. The maximum Gasteiger partial charge on any atom is 0.300 e. The summed E-state index contributed by atoms with van der Waals surface area (Å²) in [7, 11) is 0. The Labute approximate surface area is 114 Å². The number of nitrogens with one attached hydrogen (secondary N) is 1. The fourth-order valence-corrected chi connectivity index (χ4v) is 2.03. The Kier molecular flexibility index (Phi) is 4.28. The molecular weight excluding hydrogens is 274 g/mol. The van der Waals surface area contributed by atoms with Crippen LogP contribution < -0.4 is 5.32 Å². The minimum Gasteiger partial charge on any atom is -0.379 e. The van der Waals surface area contributed by atoms with Gasteiger partial charge in [-0.2, -0.15) is 0 Å². The van der Waals surface area contributed by atoms with Crippen molar-refractivity contribution in [3.05, 3.63) is 33.1 Å². The molecule has 1 atom stereocenters. The Morgan fingerprint density at radius 2 is 2.42 bits per heavy atom. The number of carbonyl (C=O) groups excluding carboxylic acids is 1. The zero-order valence-corrected chi connectivity index (χ0v) is 10.7. The van der Waals surface area contributed by atoms with Gasteiger partial charge in [-0.05, 0) is 18.9 Å². The summed E-state index contributed by atoms with van der Waals surface area (Å²) in [5.74, 6) is -0.536. The monoisotopic (exact) mass is 285 g/mol. The maximum atomic E-state index is 12.0. The van der Waals surface area contributed by atoms with Gasteiger partial charge in [0.1, 0.15) is 16.9 Å². The molecule has 0 aliphatic carbocycles. The average Bonchev–Trinajstić information content (AvgIpc) is 2.39. The van der Waals surface area contributed by atoms with Gasteiger partial charge in [0.2, 0.25) is 0 Å². The van der Waals surface area contributed by atoms with Gasteiger partial charge in [0.05, 0.1) is 17.6 Å². The number of amides is 1. The van der Waals surface area contributed by atoms with Crippen LogP contribution >= 0.6 is 11.6 Å². The molecule has 0 radical (unpaired) electrons. The second-order valence-corrected chi connectivity index (χ2v) is 4.56. The molecule has 1 unspecified atom stereocenters. The van der Waals surface area contributed by atoms with E-state index in [0.29, 0.717) is 13.2 Å². The molecule has 2 rings (SSSR count). The number of rotatable bonds is 3. The molecule has 1 aliphatic heterocycles. The van der Waals surface area contributed by atoms with Crippen molar-refractivity contribution in [3.63, 3.8) is 0 Å². The summed E-state index contributed by atoms with van der Waals surface area (Å²) >= 11 is 5.67. The van der Waals surface area contributed by atoms with Crippen molar-refractivity contribution in [1.29, 1.82) is 0 Å². The van der Waals surface area contributed by atoms with Crippen molar-refractivity contribution in [1.82, 2.24) is 10.3 Å². The number of carbonyl (C=O) groups is 1. The molecule has 0 saturated carbocycles. The number of ether oxygens (including phenoxy) is 1. The topological polar surface area (TPSA) is 94.4 Å². The smallest absolute Gasteiger partial charge is 0.300 e. The van der Waals surface area contributed by atoms with E-state index in [2.05, 4.69) is 10.3 Å². The minimum atomic E-state index is -0.657. The zero-order chi connectivity index (χ0) is 13.8. The molecule has 1 N–H and O–H groups in total. The minimum absolute atomic E-state index is 0.0376. The highest BCUT2D eigenvalue weighted by molar-refractivity contribution is 6.29. The molecule has 1 aromatic rings. The highest BCUT2D eigenvalue weighted by atomic mass is 35.5. The highest BCUT2D eigenvalue weighted by Crippen LogP contribution is 2.20. The van der Waals surface area contributed by atoms with Crippen LogP contribution in [-0.2, 0) is 4.74 Å². The van der Waals surface area contributed by atoms with E-state index >= 15 is 0 Å². The van der Waals surface area contributed by atoms with Gasteiger partial charge in [-0.3, -0.25) is 14.9 Å². The molecule has 1 aromatic heterocycles. The van der Waals surface area contributed by atoms with Crippen molar-refractivity contribution < 1.29 is 14.5 Å². The molecular formula is C11H12ClN3O4. The van der Waals surface area contributed by atoms with Crippen molar-refractivity contribution in [2.75, 3.05) is 13.2 Å². The second kappa shape index (κ2) is 5.94. The summed E-state index contributed by atoms with van der Waals surface area (Å²) < 4.78 is 5.23. The van der Waals surface area contributed by atoms with Crippen molar-refractivity contribution in [3.8, 4) is 0 Å². The van der Waals surface area contributed by atoms with Gasteiger partial charge in [0.25, 0.3) is 11.6 Å². The third kappa shape index (κ3) is 3.39. The van der Waals surface area contributed by atoms with E-state index in [-0.39, 0.29) is 22.4 Å². The predicted octanol–water partition coefficient (Wildman–Crippen LogP) is 1.55. The molecule has 19 heavy (non-hydrogen) atoms. The first-order valence-electron chi connectivity index (χ1n) is 5.76. The molecule has 7 nitrogen and oxygen atoms in total. The number of nitro groups is 1. The standard InChI is InChI=1S/C11H12ClN3O4/c12-10-4-8(9(5-13-10)15(17)18)11(16)14-7-2-1-3-19-6-7/h4-5,7H,1-3,6H2,(H,14,16). The Hall–Kier alpha value is -1.73. The Morgan fingerprint density at radius 3 is 3.05 bits per heavy atom. The van der Waals surface area contributed by atoms with Crippen LogP contribution in [0.2, 0.25) is 5.15 Å². The first kappa shape index (κ1) is 13.7. The first-order chi connectivity index (χ1) is 9.08. The third-order valence-electron chi connectivity index (χ3n) is 2.79. The maximum absolute atomic E-state index is 12.0. The van der Waals surface area contributed by atoms with Crippen LogP contribution in [0.15, 0.2) is 12.3 Å². The van der Waals surface area contributed by atoms with Crippen molar-refractivity contribution >= 4 is 23.2 Å².